The third-order valence-corrected chi connectivity index (χ3v) is 5.40. The molecule has 160 valence electrons. The van der Waals surface area contributed by atoms with E-state index in [2.05, 4.69) is 10.2 Å². The van der Waals surface area contributed by atoms with E-state index in [4.69, 9.17) is 22.1 Å². The third-order valence-electron chi connectivity index (χ3n) is 5.05. The van der Waals surface area contributed by atoms with Crippen molar-refractivity contribution in [2.75, 3.05) is 32.8 Å². The van der Waals surface area contributed by atoms with Crippen LogP contribution in [0.3, 0.4) is 0 Å². The summed E-state index contributed by atoms with van der Waals surface area (Å²) in [6.45, 7) is 5.11. The molecular weight excluding hydrogens is 433 g/mol. The molecule has 2 aromatic rings. The quantitative estimate of drug-likeness (QED) is 0.692. The zero-order chi connectivity index (χ0) is 19.3. The van der Waals surface area contributed by atoms with Gasteiger partial charge >= 0.3 is 0 Å². The Hall–Kier alpha value is -1.34. The first kappa shape index (κ1) is 25.7. The second kappa shape index (κ2) is 11.7. The van der Waals surface area contributed by atoms with Gasteiger partial charge in [-0.3, -0.25) is 9.69 Å². The molecule has 1 heterocycles. The van der Waals surface area contributed by atoms with Crippen LogP contribution in [0.4, 0.5) is 0 Å². The number of nitrogens with one attached hydrogen (secondary N) is 1. The summed E-state index contributed by atoms with van der Waals surface area (Å²) in [4.78, 5) is 15.1. The second-order valence-electron chi connectivity index (χ2n) is 6.96. The Balaban J connectivity index is 0.00000210. The second-order valence-corrected chi connectivity index (χ2v) is 7.37. The Morgan fingerprint density at radius 3 is 2.34 bits per heavy atom. The van der Waals surface area contributed by atoms with Crippen LogP contribution < -0.4 is 11.1 Å². The maximum atomic E-state index is 12.9. The molecule has 3 rings (SSSR count). The third kappa shape index (κ3) is 6.32. The number of halogens is 3. The lowest BCUT2D eigenvalue weighted by atomic mass is 9.92. The normalized spacial score (nSPS) is 17.2. The SMILES string of the molecule is CC(N)(C(=O)NCC(c1ccccc1Cl)N1CCOCC1)c1ccccc1.Cl.Cl. The van der Waals surface area contributed by atoms with Crippen LogP contribution in [0.15, 0.2) is 54.6 Å². The maximum Gasteiger partial charge on any atom is 0.244 e. The lowest BCUT2D eigenvalue weighted by Gasteiger charge is -2.36. The van der Waals surface area contributed by atoms with Gasteiger partial charge in [0.2, 0.25) is 5.91 Å². The van der Waals surface area contributed by atoms with E-state index in [1.165, 1.54) is 0 Å². The summed E-state index contributed by atoms with van der Waals surface area (Å²) in [6, 6.07) is 17.1. The lowest BCUT2D eigenvalue weighted by molar-refractivity contribution is -0.126. The number of carbonyl (C=O) groups is 1. The van der Waals surface area contributed by atoms with E-state index in [1.54, 1.807) is 6.92 Å². The molecule has 1 saturated heterocycles. The van der Waals surface area contributed by atoms with Gasteiger partial charge in [0, 0.05) is 24.7 Å². The van der Waals surface area contributed by atoms with Crippen LogP contribution >= 0.6 is 36.4 Å². The summed E-state index contributed by atoms with van der Waals surface area (Å²) in [6.07, 6.45) is 0. The van der Waals surface area contributed by atoms with Crippen molar-refractivity contribution in [3.8, 4) is 0 Å². The van der Waals surface area contributed by atoms with Gasteiger partial charge in [-0.15, -0.1) is 24.8 Å². The summed E-state index contributed by atoms with van der Waals surface area (Å²) >= 11 is 6.44. The van der Waals surface area contributed by atoms with Gasteiger partial charge in [-0.1, -0.05) is 60.1 Å². The molecule has 0 aliphatic carbocycles. The number of benzene rings is 2. The van der Waals surface area contributed by atoms with Crippen LogP contribution in [0.25, 0.3) is 0 Å². The topological polar surface area (TPSA) is 67.6 Å². The van der Waals surface area contributed by atoms with Gasteiger partial charge in [0.25, 0.3) is 0 Å². The van der Waals surface area contributed by atoms with Crippen LogP contribution in [-0.2, 0) is 15.1 Å². The van der Waals surface area contributed by atoms with Crippen LogP contribution in [0.1, 0.15) is 24.1 Å². The fraction of sp³-hybridized carbons (Fsp3) is 0.381. The fourth-order valence-corrected chi connectivity index (χ4v) is 3.62. The van der Waals surface area contributed by atoms with E-state index >= 15 is 0 Å². The summed E-state index contributed by atoms with van der Waals surface area (Å²) in [7, 11) is 0. The van der Waals surface area contributed by atoms with Gasteiger partial charge in [-0.25, -0.2) is 0 Å². The fourth-order valence-electron chi connectivity index (χ4n) is 3.36. The molecule has 5 nitrogen and oxygen atoms in total. The number of hydrogen-bond acceptors (Lipinski definition) is 4. The summed E-state index contributed by atoms with van der Waals surface area (Å²) < 4.78 is 5.47. The first-order valence-corrected chi connectivity index (χ1v) is 9.57. The highest BCUT2D eigenvalue weighted by atomic mass is 35.5. The number of nitrogens with two attached hydrogens (primary N) is 1. The van der Waals surface area contributed by atoms with Gasteiger partial charge in [0.15, 0.2) is 0 Å². The Bertz CT molecular complexity index is 769. The number of amides is 1. The number of hydrogen-bond donors (Lipinski definition) is 2. The van der Waals surface area contributed by atoms with Gasteiger partial charge in [-0.2, -0.15) is 0 Å². The zero-order valence-corrected chi connectivity index (χ0v) is 18.7. The van der Waals surface area contributed by atoms with Crippen molar-refractivity contribution < 1.29 is 9.53 Å². The molecule has 1 aliphatic heterocycles. The van der Waals surface area contributed by atoms with Crippen molar-refractivity contribution in [2.24, 2.45) is 5.73 Å². The van der Waals surface area contributed by atoms with E-state index in [1.807, 2.05) is 54.6 Å². The number of carbonyl (C=O) groups excluding carboxylic acids is 1. The molecule has 1 amide bonds. The van der Waals surface area contributed by atoms with Crippen molar-refractivity contribution in [1.82, 2.24) is 10.2 Å². The predicted octanol–water partition coefficient (Wildman–Crippen LogP) is 3.55. The summed E-state index contributed by atoms with van der Waals surface area (Å²) in [5, 5.41) is 3.74. The minimum absolute atomic E-state index is 0. The van der Waals surface area contributed by atoms with Gasteiger partial charge in [0.05, 0.1) is 19.3 Å². The average Bonchev–Trinajstić information content (AvgIpc) is 2.70. The molecule has 8 heteroatoms. The molecule has 0 bridgehead atoms. The number of nitrogens with zero attached hydrogens (tertiary/aromatic N) is 1. The Labute approximate surface area is 189 Å². The monoisotopic (exact) mass is 459 g/mol. The molecule has 29 heavy (non-hydrogen) atoms. The van der Waals surface area contributed by atoms with Crippen LogP contribution in [0, 0.1) is 0 Å². The van der Waals surface area contributed by atoms with Gasteiger partial charge < -0.3 is 15.8 Å². The van der Waals surface area contributed by atoms with Crippen molar-refractivity contribution in [1.29, 1.82) is 0 Å². The molecule has 1 fully saturated rings. The van der Waals surface area contributed by atoms with E-state index in [-0.39, 0.29) is 36.8 Å². The smallest absolute Gasteiger partial charge is 0.244 e. The minimum Gasteiger partial charge on any atom is -0.379 e. The first-order chi connectivity index (χ1) is 13.0. The molecule has 2 unspecified atom stereocenters. The van der Waals surface area contributed by atoms with Crippen LogP contribution in [-0.4, -0.2) is 43.7 Å². The number of morpholine rings is 1. The molecule has 0 aromatic heterocycles. The highest BCUT2D eigenvalue weighted by Crippen LogP contribution is 2.28. The van der Waals surface area contributed by atoms with Crippen molar-refractivity contribution in [3.05, 3.63) is 70.7 Å². The zero-order valence-electron chi connectivity index (χ0n) is 16.3. The van der Waals surface area contributed by atoms with Gasteiger partial charge in [0.1, 0.15) is 5.54 Å². The number of ether oxygens (including phenoxy) is 1. The lowest BCUT2D eigenvalue weighted by Crippen LogP contribution is -2.51. The molecular formula is C21H28Cl3N3O2. The highest BCUT2D eigenvalue weighted by molar-refractivity contribution is 6.31. The van der Waals surface area contributed by atoms with Crippen molar-refractivity contribution in [2.45, 2.75) is 18.5 Å². The van der Waals surface area contributed by atoms with Crippen molar-refractivity contribution in [3.63, 3.8) is 0 Å². The summed E-state index contributed by atoms with van der Waals surface area (Å²) in [5.41, 5.74) is 7.02. The molecule has 3 N–H and O–H groups in total. The standard InChI is InChI=1S/C21H26ClN3O2.2ClH/c1-21(23,16-7-3-2-4-8-16)20(26)24-15-19(25-11-13-27-14-12-25)17-9-5-6-10-18(17)22;;/h2-10,19H,11-15,23H2,1H3,(H,24,26);2*1H. The van der Waals surface area contributed by atoms with E-state index in [0.29, 0.717) is 24.8 Å². The molecule has 0 saturated carbocycles. The van der Waals surface area contributed by atoms with E-state index in [0.717, 1.165) is 24.2 Å². The largest absolute Gasteiger partial charge is 0.379 e. The summed E-state index contributed by atoms with van der Waals surface area (Å²) in [5.74, 6) is -0.209. The number of rotatable bonds is 6. The average molecular weight is 461 g/mol. The predicted molar refractivity (Wildman–Crippen MR) is 122 cm³/mol. The van der Waals surface area contributed by atoms with Gasteiger partial charge in [-0.05, 0) is 24.1 Å². The Morgan fingerprint density at radius 2 is 1.72 bits per heavy atom. The van der Waals surface area contributed by atoms with Crippen LogP contribution in [0.2, 0.25) is 5.02 Å². The molecule has 0 spiro atoms. The first-order valence-electron chi connectivity index (χ1n) is 9.19. The highest BCUT2D eigenvalue weighted by Gasteiger charge is 2.32. The maximum absolute atomic E-state index is 12.9. The van der Waals surface area contributed by atoms with Crippen LogP contribution in [0.5, 0.6) is 0 Å². The minimum atomic E-state index is -1.10. The molecule has 2 atom stereocenters. The molecule has 2 aromatic carbocycles. The molecule has 0 radical (unpaired) electrons. The Morgan fingerprint density at radius 1 is 1.14 bits per heavy atom. The molecule has 1 aliphatic rings. The van der Waals surface area contributed by atoms with Crippen molar-refractivity contribution >= 4 is 42.3 Å². The van der Waals surface area contributed by atoms with E-state index < -0.39 is 5.54 Å². The van der Waals surface area contributed by atoms with E-state index in [9.17, 15) is 4.79 Å². The Kier molecular flexibility index (Phi) is 10.4.